The van der Waals surface area contributed by atoms with Crippen molar-refractivity contribution in [3.8, 4) is 17.2 Å². The Bertz CT molecular complexity index is 1440. The number of Topliss-reactive ketones (excluding diaryl/α,β-unsaturated/α-hetero) is 1. The Hall–Kier alpha value is -4.35. The molecule has 186 valence electrons. The van der Waals surface area contributed by atoms with Crippen LogP contribution in [0.2, 0.25) is 5.02 Å². The summed E-state index contributed by atoms with van der Waals surface area (Å²) in [6.45, 7) is -0.409. The lowest BCUT2D eigenvalue weighted by atomic mass is 9.84. The number of ketones is 1. The standard InChI is InChI=1S/C28H22ClFN4O3/c29-23-20(17-8-10-19(30)11-9-17)6-3-7-22(23)28(12-13-28)25(32)24(35)21-5-2-1-4-18(21)16-34-27(37)26(36)33-15-14-31/h1-11,32H,12-13,15-16H2,(H,33,36)(H,34,37). The van der Waals surface area contributed by atoms with Gasteiger partial charge in [0.15, 0.2) is 0 Å². The first kappa shape index (κ1) is 25.7. The van der Waals surface area contributed by atoms with Crippen LogP contribution in [0.5, 0.6) is 0 Å². The number of hydrogen-bond donors (Lipinski definition) is 3. The van der Waals surface area contributed by atoms with Crippen molar-refractivity contribution in [3.05, 3.63) is 94.3 Å². The van der Waals surface area contributed by atoms with Crippen molar-refractivity contribution in [1.82, 2.24) is 10.6 Å². The molecule has 9 heteroatoms. The summed E-state index contributed by atoms with van der Waals surface area (Å²) in [4.78, 5) is 37.2. The Balaban J connectivity index is 1.57. The zero-order chi connectivity index (χ0) is 26.6. The van der Waals surface area contributed by atoms with Crippen molar-refractivity contribution in [3.63, 3.8) is 0 Å². The molecule has 0 atom stereocenters. The van der Waals surface area contributed by atoms with Crippen LogP contribution in [-0.4, -0.2) is 29.9 Å². The molecule has 0 spiro atoms. The van der Waals surface area contributed by atoms with Gasteiger partial charge < -0.3 is 16.0 Å². The number of amides is 2. The van der Waals surface area contributed by atoms with Crippen LogP contribution in [0.4, 0.5) is 4.39 Å². The second-order valence-corrected chi connectivity index (χ2v) is 9.02. The van der Waals surface area contributed by atoms with Crippen LogP contribution >= 0.6 is 11.6 Å². The van der Waals surface area contributed by atoms with Gasteiger partial charge in [-0.05, 0) is 41.7 Å². The molecule has 1 saturated carbocycles. The number of nitrogens with one attached hydrogen (secondary N) is 3. The number of rotatable bonds is 8. The molecule has 0 aliphatic heterocycles. The first-order valence-corrected chi connectivity index (χ1v) is 11.9. The third-order valence-electron chi connectivity index (χ3n) is 6.36. The van der Waals surface area contributed by atoms with Crippen molar-refractivity contribution < 1.29 is 18.8 Å². The third kappa shape index (κ3) is 5.27. The molecule has 0 bridgehead atoms. The van der Waals surface area contributed by atoms with Gasteiger partial charge in [0.2, 0.25) is 5.78 Å². The lowest BCUT2D eigenvalue weighted by molar-refractivity contribution is -0.139. The highest BCUT2D eigenvalue weighted by molar-refractivity contribution is 6.49. The van der Waals surface area contributed by atoms with Crippen molar-refractivity contribution in [1.29, 1.82) is 10.7 Å². The van der Waals surface area contributed by atoms with Crippen molar-refractivity contribution in [2.24, 2.45) is 0 Å². The van der Waals surface area contributed by atoms with Gasteiger partial charge in [0.05, 0.1) is 16.8 Å². The highest BCUT2D eigenvalue weighted by Gasteiger charge is 2.52. The van der Waals surface area contributed by atoms with Crippen molar-refractivity contribution in [2.45, 2.75) is 24.8 Å². The van der Waals surface area contributed by atoms with Gasteiger partial charge in [-0.2, -0.15) is 5.26 Å². The van der Waals surface area contributed by atoms with E-state index in [1.54, 1.807) is 54.6 Å². The van der Waals surface area contributed by atoms with E-state index < -0.39 is 23.0 Å². The van der Waals surface area contributed by atoms with Gasteiger partial charge in [-0.1, -0.05) is 66.2 Å². The summed E-state index contributed by atoms with van der Waals surface area (Å²) in [5.41, 5.74) is 1.79. The first-order chi connectivity index (χ1) is 17.8. The van der Waals surface area contributed by atoms with Gasteiger partial charge >= 0.3 is 11.8 Å². The van der Waals surface area contributed by atoms with E-state index >= 15 is 0 Å². The molecular weight excluding hydrogens is 495 g/mol. The number of nitriles is 1. The van der Waals surface area contributed by atoms with Crippen LogP contribution in [0.3, 0.4) is 0 Å². The minimum absolute atomic E-state index is 0.109. The smallest absolute Gasteiger partial charge is 0.310 e. The van der Waals surface area contributed by atoms with Crippen molar-refractivity contribution in [2.75, 3.05) is 6.54 Å². The van der Waals surface area contributed by atoms with Crippen LogP contribution in [-0.2, 0) is 21.5 Å². The number of halogens is 2. The molecule has 0 aromatic heterocycles. The van der Waals surface area contributed by atoms with Gasteiger partial charge in [0.25, 0.3) is 0 Å². The molecule has 3 N–H and O–H groups in total. The molecule has 0 unspecified atom stereocenters. The van der Waals surface area contributed by atoms with E-state index in [2.05, 4.69) is 10.6 Å². The maximum absolute atomic E-state index is 13.5. The van der Waals surface area contributed by atoms with Gasteiger partial charge in [-0.25, -0.2) is 4.39 Å². The molecule has 1 aliphatic carbocycles. The number of carbonyl (C=O) groups excluding carboxylic acids is 3. The summed E-state index contributed by atoms with van der Waals surface area (Å²) < 4.78 is 13.4. The second-order valence-electron chi connectivity index (χ2n) is 8.64. The maximum Gasteiger partial charge on any atom is 0.310 e. The van der Waals surface area contributed by atoms with Gasteiger partial charge in [0, 0.05) is 23.1 Å². The highest BCUT2D eigenvalue weighted by Crippen LogP contribution is 2.53. The fourth-order valence-corrected chi connectivity index (χ4v) is 4.65. The monoisotopic (exact) mass is 516 g/mol. The van der Waals surface area contributed by atoms with Crippen LogP contribution in [0, 0.1) is 22.6 Å². The van der Waals surface area contributed by atoms with Gasteiger partial charge in [-0.15, -0.1) is 0 Å². The Morgan fingerprint density at radius 1 is 0.973 bits per heavy atom. The molecule has 4 rings (SSSR count). The van der Waals surface area contributed by atoms with Gasteiger partial charge in [0.1, 0.15) is 12.4 Å². The molecular formula is C28H22ClFN4O3. The van der Waals surface area contributed by atoms with Crippen LogP contribution in [0.25, 0.3) is 11.1 Å². The summed E-state index contributed by atoms with van der Waals surface area (Å²) in [5, 5.41) is 22.4. The predicted octanol–water partition coefficient (Wildman–Crippen LogP) is 4.34. The lowest BCUT2D eigenvalue weighted by Gasteiger charge is -2.21. The van der Waals surface area contributed by atoms with E-state index in [-0.39, 0.29) is 30.2 Å². The predicted molar refractivity (Wildman–Crippen MR) is 137 cm³/mol. The molecule has 1 aliphatic rings. The Labute approximate surface area is 217 Å². The lowest BCUT2D eigenvalue weighted by Crippen LogP contribution is -2.40. The summed E-state index contributed by atoms with van der Waals surface area (Å²) in [7, 11) is 0. The topological polar surface area (TPSA) is 123 Å². The van der Waals surface area contributed by atoms with Crippen LogP contribution in [0.1, 0.15) is 34.3 Å². The second kappa shape index (κ2) is 10.7. The van der Waals surface area contributed by atoms with Crippen LogP contribution < -0.4 is 10.6 Å². The van der Waals surface area contributed by atoms with Crippen molar-refractivity contribution >= 4 is 34.9 Å². The molecule has 3 aromatic rings. The zero-order valence-corrected chi connectivity index (χ0v) is 20.4. The Kier molecular flexibility index (Phi) is 7.46. The fourth-order valence-electron chi connectivity index (χ4n) is 4.24. The fraction of sp³-hybridized carbons (Fsp3) is 0.179. The average Bonchev–Trinajstić information content (AvgIpc) is 3.72. The van der Waals surface area contributed by atoms with E-state index in [1.807, 2.05) is 6.07 Å². The number of carbonyl (C=O) groups is 3. The molecule has 0 radical (unpaired) electrons. The van der Waals surface area contributed by atoms with E-state index in [4.69, 9.17) is 22.3 Å². The highest BCUT2D eigenvalue weighted by atomic mass is 35.5. The summed E-state index contributed by atoms with van der Waals surface area (Å²) in [5.74, 6) is -2.75. The Morgan fingerprint density at radius 2 is 1.65 bits per heavy atom. The minimum Gasteiger partial charge on any atom is -0.344 e. The average molecular weight is 517 g/mol. The molecule has 0 heterocycles. The van der Waals surface area contributed by atoms with E-state index in [0.717, 1.165) is 5.56 Å². The number of nitrogens with zero attached hydrogens (tertiary/aromatic N) is 1. The summed E-state index contributed by atoms with van der Waals surface area (Å²) in [6, 6.07) is 19.6. The quantitative estimate of drug-likeness (QED) is 0.178. The minimum atomic E-state index is -0.953. The molecule has 37 heavy (non-hydrogen) atoms. The molecule has 7 nitrogen and oxygen atoms in total. The van der Waals surface area contributed by atoms with Gasteiger partial charge in [-0.3, -0.25) is 14.4 Å². The molecule has 0 saturated heterocycles. The molecule has 1 fully saturated rings. The number of benzene rings is 3. The third-order valence-corrected chi connectivity index (χ3v) is 6.77. The van der Waals surface area contributed by atoms with E-state index in [1.165, 1.54) is 12.1 Å². The van der Waals surface area contributed by atoms with E-state index in [9.17, 15) is 18.8 Å². The number of hydrogen-bond acceptors (Lipinski definition) is 5. The summed E-state index contributed by atoms with van der Waals surface area (Å²) in [6.07, 6.45) is 1.14. The SMILES string of the molecule is N#CCNC(=O)C(=O)NCc1ccccc1C(=O)C(=N)C1(c2cccc(-c3ccc(F)cc3)c2Cl)CC1. The van der Waals surface area contributed by atoms with Crippen LogP contribution in [0.15, 0.2) is 66.7 Å². The van der Waals surface area contributed by atoms with E-state index in [0.29, 0.717) is 34.6 Å². The molecule has 3 aromatic carbocycles. The molecule has 2 amide bonds. The zero-order valence-electron chi connectivity index (χ0n) is 19.6. The Morgan fingerprint density at radius 3 is 2.32 bits per heavy atom. The normalized spacial score (nSPS) is 13.2. The summed E-state index contributed by atoms with van der Waals surface area (Å²) >= 11 is 6.78. The first-order valence-electron chi connectivity index (χ1n) is 11.5. The maximum atomic E-state index is 13.5. The largest absolute Gasteiger partial charge is 0.344 e.